The standard InChI is InChI=1S/C40H50F3N5O12S/c1-6-22-15-21(2)9-7-8-10-23-18-39(23,35(51)47-61(55,56)26-12-13-26)46-32(49)29-17-25(20-48(29)34(50)31(22)45-36(52)60-38(3,4)40(41,42)43)58-33-27-14-11-24(57-5)16-28(27)30(19-44-33)59-37(53)54/h8,10-11,14,16,19,21-23,25-26,29,31H,6-7,9,12-13,15,17-18,20H2,1-5H3,(H,45,52)(H,46,49)(H,47,51)(H,53,54)/b10-8-/t21-,22-,23-,25-,29+,31+,39-/m1/s1. The SMILES string of the molecule is CC[C@@H]1C[C@H](C)CC/C=C\[C@@H]2C[C@@]2(C(=O)NS(=O)(=O)C2CC2)NC(=O)[C@@H]2C[C@@H](Oc3ncc(OC(=O)O)c4cc(OC)ccc34)CN2C(=O)[C@H]1NC(=O)OC(C)(C)C(F)(F)F. The summed E-state index contributed by atoms with van der Waals surface area (Å²) >= 11 is 0. The molecular weight excluding hydrogens is 832 g/mol. The maximum atomic E-state index is 14.9. The van der Waals surface area contributed by atoms with Crippen molar-refractivity contribution in [2.75, 3.05) is 13.7 Å². The molecule has 4 aliphatic rings. The lowest BCUT2D eigenvalue weighted by Gasteiger charge is -2.35. The maximum Gasteiger partial charge on any atom is 0.511 e. The van der Waals surface area contributed by atoms with Gasteiger partial charge in [-0.05, 0) is 82.4 Å². The van der Waals surface area contributed by atoms with Gasteiger partial charge in [-0.25, -0.2) is 23.0 Å². The molecule has 2 aliphatic heterocycles. The summed E-state index contributed by atoms with van der Waals surface area (Å²) in [6.45, 7) is 4.69. The molecule has 0 radical (unpaired) electrons. The van der Waals surface area contributed by atoms with Crippen LogP contribution in [-0.2, 0) is 29.1 Å². The molecule has 0 unspecified atom stereocenters. The molecule has 0 spiro atoms. The van der Waals surface area contributed by atoms with Gasteiger partial charge < -0.3 is 39.6 Å². The predicted molar refractivity (Wildman–Crippen MR) is 210 cm³/mol. The molecule has 6 rings (SSSR count). The van der Waals surface area contributed by atoms with Crippen molar-refractivity contribution >= 4 is 50.8 Å². The zero-order valence-electron chi connectivity index (χ0n) is 34.2. The van der Waals surface area contributed by atoms with E-state index in [2.05, 4.69) is 20.3 Å². The number of amides is 4. The molecule has 61 heavy (non-hydrogen) atoms. The van der Waals surface area contributed by atoms with Crippen LogP contribution in [0.4, 0.5) is 22.8 Å². The van der Waals surface area contributed by atoms with Crippen molar-refractivity contribution < 1.29 is 69.6 Å². The summed E-state index contributed by atoms with van der Waals surface area (Å²) in [6, 6.07) is 1.68. The lowest BCUT2D eigenvalue weighted by atomic mass is 9.85. The summed E-state index contributed by atoms with van der Waals surface area (Å²) in [6.07, 6.45) is -2.08. The molecule has 2 aliphatic carbocycles. The van der Waals surface area contributed by atoms with Crippen LogP contribution >= 0.6 is 0 Å². The molecular formula is C40H50F3N5O12S. The molecule has 1 aromatic heterocycles. The van der Waals surface area contributed by atoms with E-state index in [0.717, 1.165) is 11.1 Å². The average molecular weight is 882 g/mol. The second kappa shape index (κ2) is 17.2. The minimum atomic E-state index is -4.95. The van der Waals surface area contributed by atoms with Crippen LogP contribution in [0.15, 0.2) is 36.5 Å². The molecule has 0 bridgehead atoms. The summed E-state index contributed by atoms with van der Waals surface area (Å²) in [4.78, 5) is 73.4. The van der Waals surface area contributed by atoms with E-state index in [4.69, 9.17) is 18.9 Å². The molecule has 2 aromatic rings. The lowest BCUT2D eigenvalue weighted by Crippen LogP contribution is -2.59. The van der Waals surface area contributed by atoms with Gasteiger partial charge in [-0.2, -0.15) is 13.2 Å². The van der Waals surface area contributed by atoms with Gasteiger partial charge in [0.1, 0.15) is 29.5 Å². The van der Waals surface area contributed by atoms with Gasteiger partial charge in [-0.3, -0.25) is 19.1 Å². The van der Waals surface area contributed by atoms with E-state index < -0.39 is 92.6 Å². The lowest BCUT2D eigenvalue weighted by molar-refractivity contribution is -0.244. The van der Waals surface area contributed by atoms with Crippen molar-refractivity contribution in [3.05, 3.63) is 36.5 Å². The average Bonchev–Trinajstić information content (AvgIpc) is 4.11. The summed E-state index contributed by atoms with van der Waals surface area (Å²) < 4.78 is 90.7. The molecule has 4 N–H and O–H groups in total. The van der Waals surface area contributed by atoms with Crippen LogP contribution in [0, 0.1) is 17.8 Å². The second-order valence-corrected chi connectivity index (χ2v) is 18.6. The number of alkyl halides is 3. The Hall–Kier alpha value is -5.34. The number of nitrogens with one attached hydrogen (secondary N) is 3. The molecule has 1 saturated heterocycles. The third kappa shape index (κ3) is 9.91. The van der Waals surface area contributed by atoms with Gasteiger partial charge in [0.2, 0.25) is 33.3 Å². The van der Waals surface area contributed by atoms with Gasteiger partial charge in [0.05, 0.1) is 25.1 Å². The van der Waals surface area contributed by atoms with E-state index in [1.54, 1.807) is 19.1 Å². The van der Waals surface area contributed by atoms with Gasteiger partial charge in [0, 0.05) is 23.1 Å². The number of sulfonamides is 1. The fraction of sp³-hybridized carbons (Fsp3) is 0.600. The monoisotopic (exact) mass is 881 g/mol. The highest BCUT2D eigenvalue weighted by molar-refractivity contribution is 7.91. The summed E-state index contributed by atoms with van der Waals surface area (Å²) in [5.74, 6) is -3.77. The maximum absolute atomic E-state index is 14.9. The number of carbonyl (C=O) groups is 5. The number of carboxylic acid groups (broad SMARTS) is 1. The zero-order chi connectivity index (χ0) is 44.7. The number of carbonyl (C=O) groups excluding carboxylic acids is 4. The van der Waals surface area contributed by atoms with Gasteiger partial charge in [0.25, 0.3) is 5.91 Å². The summed E-state index contributed by atoms with van der Waals surface area (Å²) in [5.41, 5.74) is -4.62. The van der Waals surface area contributed by atoms with Crippen molar-refractivity contribution in [3.8, 4) is 17.4 Å². The number of hydrogen-bond acceptors (Lipinski definition) is 12. The van der Waals surface area contributed by atoms with Crippen molar-refractivity contribution in [1.29, 1.82) is 0 Å². The van der Waals surface area contributed by atoms with Gasteiger partial charge in [0.15, 0.2) is 5.75 Å². The summed E-state index contributed by atoms with van der Waals surface area (Å²) in [5, 5.41) is 14.2. The smallest absolute Gasteiger partial charge is 0.497 e. The highest BCUT2D eigenvalue weighted by Gasteiger charge is 2.62. The number of nitrogens with zero attached hydrogens (tertiary/aromatic N) is 2. The van der Waals surface area contributed by atoms with Crippen molar-refractivity contribution in [2.24, 2.45) is 17.8 Å². The number of pyridine rings is 1. The Kier molecular flexibility index (Phi) is 12.7. The Bertz CT molecular complexity index is 2200. The zero-order valence-corrected chi connectivity index (χ0v) is 35.1. The molecule has 1 aromatic carbocycles. The van der Waals surface area contributed by atoms with Crippen LogP contribution in [0.3, 0.4) is 0 Å². The topological polar surface area (TPSA) is 229 Å². The van der Waals surface area contributed by atoms with Gasteiger partial charge in [-0.15, -0.1) is 0 Å². The van der Waals surface area contributed by atoms with Crippen LogP contribution in [-0.4, -0.2) is 108 Å². The Labute approximate surface area is 350 Å². The molecule has 17 nitrogen and oxygen atoms in total. The fourth-order valence-electron chi connectivity index (χ4n) is 7.89. The van der Waals surface area contributed by atoms with Crippen LogP contribution in [0.1, 0.15) is 79.1 Å². The van der Waals surface area contributed by atoms with Gasteiger partial charge >= 0.3 is 18.4 Å². The molecule has 334 valence electrons. The number of benzene rings is 1. The van der Waals surface area contributed by atoms with Crippen molar-refractivity contribution in [1.82, 2.24) is 25.2 Å². The first-order chi connectivity index (χ1) is 28.6. The molecule has 7 atom stereocenters. The highest BCUT2D eigenvalue weighted by Crippen LogP contribution is 2.46. The van der Waals surface area contributed by atoms with Crippen molar-refractivity contribution in [2.45, 2.75) is 120 Å². The normalized spacial score (nSPS) is 27.9. The number of rotatable bonds is 10. The first-order valence-corrected chi connectivity index (χ1v) is 21.6. The van der Waals surface area contributed by atoms with Crippen molar-refractivity contribution in [3.63, 3.8) is 0 Å². The second-order valence-electron chi connectivity index (χ2n) is 16.7. The molecule has 21 heteroatoms. The molecule has 3 fully saturated rings. The fourth-order valence-corrected chi connectivity index (χ4v) is 9.25. The first kappa shape index (κ1) is 45.2. The number of halogens is 3. The van der Waals surface area contributed by atoms with Crippen LogP contribution in [0.2, 0.25) is 0 Å². The molecule has 4 amide bonds. The minimum Gasteiger partial charge on any atom is -0.497 e. The van der Waals surface area contributed by atoms with Crippen LogP contribution in [0.5, 0.6) is 17.4 Å². The molecule has 2 saturated carbocycles. The largest absolute Gasteiger partial charge is 0.511 e. The summed E-state index contributed by atoms with van der Waals surface area (Å²) in [7, 11) is -2.62. The van der Waals surface area contributed by atoms with E-state index >= 15 is 0 Å². The van der Waals surface area contributed by atoms with E-state index in [-0.39, 0.29) is 54.1 Å². The first-order valence-electron chi connectivity index (χ1n) is 20.0. The number of fused-ring (bicyclic) bond motifs is 3. The number of allylic oxidation sites excluding steroid dienone is 1. The third-order valence-corrected chi connectivity index (χ3v) is 13.6. The quantitative estimate of drug-likeness (QED) is 0.183. The van der Waals surface area contributed by atoms with E-state index in [1.165, 1.54) is 19.2 Å². The predicted octanol–water partition coefficient (Wildman–Crippen LogP) is 4.97. The van der Waals surface area contributed by atoms with Gasteiger partial charge in [-0.1, -0.05) is 32.4 Å². The number of ether oxygens (including phenoxy) is 4. The Morgan fingerprint density at radius 2 is 1.82 bits per heavy atom. The Morgan fingerprint density at radius 1 is 1.10 bits per heavy atom. The van der Waals surface area contributed by atoms with E-state index in [0.29, 0.717) is 51.7 Å². The Morgan fingerprint density at radius 3 is 2.46 bits per heavy atom. The minimum absolute atomic E-state index is 0.0441. The van der Waals surface area contributed by atoms with Crippen LogP contribution in [0.25, 0.3) is 10.8 Å². The van der Waals surface area contributed by atoms with E-state index in [9.17, 15) is 50.7 Å². The number of aromatic nitrogens is 1. The van der Waals surface area contributed by atoms with E-state index in [1.807, 2.05) is 13.0 Å². The Balaban J connectivity index is 1.38. The highest BCUT2D eigenvalue weighted by atomic mass is 32.2. The van der Waals surface area contributed by atoms with Crippen LogP contribution < -0.4 is 29.6 Å². The molecule has 3 heterocycles. The number of methoxy groups -OCH3 is 1. The third-order valence-electron chi connectivity index (χ3n) is 11.8. The number of hydrogen-bond donors (Lipinski definition) is 4. The number of alkyl carbamates (subject to hydrolysis) is 1.